The molecule has 0 saturated carbocycles. The molecule has 170 valence electrons. The standard InChI is InChI=1S/C24H28N2O6/c1-17(27)25-21(15-18-9-5-3-6-10-18)23(29)26-20(24(30)31-2)13-14-22(28)32-16-19-11-7-4-8-12-19/h3-12,20-21H,13-16H2,1-2H3,(H,25,27)(H,26,29)/t20-,21+/m1/s1. The lowest BCUT2D eigenvalue weighted by molar-refractivity contribution is -0.148. The van der Waals surface area contributed by atoms with Crippen LogP contribution < -0.4 is 10.6 Å². The average Bonchev–Trinajstić information content (AvgIpc) is 2.80. The second-order valence-electron chi connectivity index (χ2n) is 7.21. The van der Waals surface area contributed by atoms with Crippen molar-refractivity contribution in [2.45, 2.75) is 44.9 Å². The molecule has 0 radical (unpaired) electrons. The number of benzene rings is 2. The van der Waals surface area contributed by atoms with Gasteiger partial charge in [-0.05, 0) is 17.5 Å². The van der Waals surface area contributed by atoms with Crippen LogP contribution >= 0.6 is 0 Å². The summed E-state index contributed by atoms with van der Waals surface area (Å²) in [6.45, 7) is 1.43. The van der Waals surface area contributed by atoms with Crippen molar-refractivity contribution in [1.29, 1.82) is 0 Å². The number of esters is 2. The number of amides is 2. The van der Waals surface area contributed by atoms with Crippen molar-refractivity contribution in [3.63, 3.8) is 0 Å². The Bertz CT molecular complexity index is 901. The Morgan fingerprint density at radius 2 is 1.44 bits per heavy atom. The fraction of sp³-hybridized carbons (Fsp3) is 0.333. The van der Waals surface area contributed by atoms with Crippen molar-refractivity contribution in [2.24, 2.45) is 0 Å². The zero-order valence-electron chi connectivity index (χ0n) is 18.2. The van der Waals surface area contributed by atoms with E-state index >= 15 is 0 Å². The highest BCUT2D eigenvalue weighted by Crippen LogP contribution is 2.08. The minimum atomic E-state index is -1.05. The minimum absolute atomic E-state index is 0.00413. The van der Waals surface area contributed by atoms with Gasteiger partial charge in [0.05, 0.1) is 7.11 Å². The average molecular weight is 440 g/mol. The first-order valence-corrected chi connectivity index (χ1v) is 10.3. The molecule has 0 saturated heterocycles. The molecule has 8 heteroatoms. The number of ether oxygens (including phenoxy) is 2. The van der Waals surface area contributed by atoms with Crippen LogP contribution in [0.1, 0.15) is 30.9 Å². The summed E-state index contributed by atoms with van der Waals surface area (Å²) in [7, 11) is 1.20. The summed E-state index contributed by atoms with van der Waals surface area (Å²) < 4.78 is 9.98. The number of carbonyl (C=O) groups excluding carboxylic acids is 4. The molecule has 0 aromatic heterocycles. The highest BCUT2D eigenvalue weighted by Gasteiger charge is 2.27. The van der Waals surface area contributed by atoms with Gasteiger partial charge < -0.3 is 20.1 Å². The quantitative estimate of drug-likeness (QED) is 0.517. The maximum Gasteiger partial charge on any atom is 0.328 e. The number of carbonyl (C=O) groups is 4. The summed E-state index contributed by atoms with van der Waals surface area (Å²) in [5.41, 5.74) is 1.69. The largest absolute Gasteiger partial charge is 0.467 e. The van der Waals surface area contributed by atoms with Gasteiger partial charge in [0.2, 0.25) is 11.8 Å². The Hall–Kier alpha value is -3.68. The fourth-order valence-electron chi connectivity index (χ4n) is 3.04. The molecule has 2 aromatic carbocycles. The second-order valence-corrected chi connectivity index (χ2v) is 7.21. The highest BCUT2D eigenvalue weighted by molar-refractivity contribution is 5.90. The number of hydrogen-bond donors (Lipinski definition) is 2. The molecule has 0 bridgehead atoms. The summed E-state index contributed by atoms with van der Waals surface area (Å²) in [4.78, 5) is 48.7. The lowest BCUT2D eigenvalue weighted by Crippen LogP contribution is -2.52. The minimum Gasteiger partial charge on any atom is -0.467 e. The topological polar surface area (TPSA) is 111 Å². The predicted molar refractivity (Wildman–Crippen MR) is 117 cm³/mol. The summed E-state index contributed by atoms with van der Waals surface area (Å²) in [6.07, 6.45) is 0.166. The number of methoxy groups -OCH3 is 1. The monoisotopic (exact) mass is 440 g/mol. The van der Waals surface area contributed by atoms with Crippen molar-refractivity contribution >= 4 is 23.8 Å². The van der Waals surface area contributed by atoms with Crippen LogP contribution in [0.5, 0.6) is 0 Å². The van der Waals surface area contributed by atoms with Gasteiger partial charge in [0.1, 0.15) is 18.7 Å². The number of rotatable bonds is 11. The zero-order chi connectivity index (χ0) is 23.3. The molecule has 8 nitrogen and oxygen atoms in total. The molecular formula is C24H28N2O6. The maximum absolute atomic E-state index is 12.8. The molecule has 0 heterocycles. The van der Waals surface area contributed by atoms with Crippen LogP contribution in [0.15, 0.2) is 60.7 Å². The molecule has 0 aliphatic carbocycles. The van der Waals surface area contributed by atoms with Gasteiger partial charge in [-0.15, -0.1) is 0 Å². The Labute approximate surface area is 187 Å². The second kappa shape index (κ2) is 12.9. The maximum atomic E-state index is 12.8. The highest BCUT2D eigenvalue weighted by atomic mass is 16.5. The van der Waals surface area contributed by atoms with Crippen LogP contribution in [0, 0.1) is 0 Å². The number of nitrogens with one attached hydrogen (secondary N) is 2. The van der Waals surface area contributed by atoms with E-state index in [1.54, 1.807) is 0 Å². The van der Waals surface area contributed by atoms with Crippen molar-refractivity contribution in [3.05, 3.63) is 71.8 Å². The third kappa shape index (κ3) is 8.59. The van der Waals surface area contributed by atoms with E-state index in [0.717, 1.165) is 11.1 Å². The molecule has 0 fully saturated rings. The molecule has 32 heavy (non-hydrogen) atoms. The van der Waals surface area contributed by atoms with Crippen molar-refractivity contribution in [3.8, 4) is 0 Å². The van der Waals surface area contributed by atoms with E-state index < -0.39 is 29.9 Å². The Morgan fingerprint density at radius 1 is 0.844 bits per heavy atom. The van der Waals surface area contributed by atoms with Gasteiger partial charge in [-0.3, -0.25) is 14.4 Å². The van der Waals surface area contributed by atoms with Gasteiger partial charge >= 0.3 is 11.9 Å². The molecule has 0 aliphatic heterocycles. The van der Waals surface area contributed by atoms with Gasteiger partial charge in [-0.25, -0.2) is 4.79 Å². The van der Waals surface area contributed by atoms with Crippen LogP contribution in [0.25, 0.3) is 0 Å². The van der Waals surface area contributed by atoms with E-state index in [1.807, 2.05) is 60.7 Å². The fourth-order valence-corrected chi connectivity index (χ4v) is 3.04. The lowest BCUT2D eigenvalue weighted by Gasteiger charge is -2.22. The van der Waals surface area contributed by atoms with Gasteiger partial charge in [0, 0.05) is 19.8 Å². The SMILES string of the molecule is COC(=O)[C@@H](CCC(=O)OCc1ccccc1)NC(=O)[C@H](Cc1ccccc1)NC(C)=O. The van der Waals surface area contributed by atoms with Crippen molar-refractivity contribution in [2.75, 3.05) is 7.11 Å². The first-order chi connectivity index (χ1) is 15.4. The predicted octanol–water partition coefficient (Wildman–Crippen LogP) is 1.92. The third-order valence-electron chi connectivity index (χ3n) is 4.66. The van der Waals surface area contributed by atoms with E-state index in [-0.39, 0.29) is 31.8 Å². The molecule has 0 aliphatic rings. The summed E-state index contributed by atoms with van der Waals surface area (Å²) in [5.74, 6) is -2.10. The molecule has 2 aromatic rings. The van der Waals surface area contributed by atoms with Crippen molar-refractivity contribution < 1.29 is 28.7 Å². The van der Waals surface area contributed by atoms with Gasteiger partial charge in [-0.2, -0.15) is 0 Å². The van der Waals surface area contributed by atoms with Crippen molar-refractivity contribution in [1.82, 2.24) is 10.6 Å². The summed E-state index contributed by atoms with van der Waals surface area (Å²) in [6, 6.07) is 16.5. The molecular weight excluding hydrogens is 412 g/mol. The molecule has 2 atom stereocenters. The first kappa shape index (κ1) is 24.6. The van der Waals surface area contributed by atoms with Gasteiger partial charge in [0.15, 0.2) is 0 Å². The van der Waals surface area contributed by atoms with Crippen LogP contribution in [-0.2, 0) is 41.7 Å². The van der Waals surface area contributed by atoms with Crippen LogP contribution in [0.4, 0.5) is 0 Å². The summed E-state index contributed by atoms with van der Waals surface area (Å²) >= 11 is 0. The lowest BCUT2D eigenvalue weighted by atomic mass is 10.0. The molecule has 0 spiro atoms. The van der Waals surface area contributed by atoms with E-state index in [1.165, 1.54) is 14.0 Å². The first-order valence-electron chi connectivity index (χ1n) is 10.3. The van der Waals surface area contributed by atoms with E-state index in [0.29, 0.717) is 0 Å². The smallest absolute Gasteiger partial charge is 0.328 e. The van der Waals surface area contributed by atoms with E-state index in [4.69, 9.17) is 9.47 Å². The Kier molecular flexibility index (Phi) is 9.90. The van der Waals surface area contributed by atoms with E-state index in [9.17, 15) is 19.2 Å². The van der Waals surface area contributed by atoms with Crippen LogP contribution in [0.3, 0.4) is 0 Å². The van der Waals surface area contributed by atoms with E-state index in [2.05, 4.69) is 10.6 Å². The summed E-state index contributed by atoms with van der Waals surface area (Å²) in [5, 5.41) is 5.19. The zero-order valence-corrected chi connectivity index (χ0v) is 18.2. The third-order valence-corrected chi connectivity index (χ3v) is 4.66. The molecule has 2 N–H and O–H groups in total. The van der Waals surface area contributed by atoms with Gasteiger partial charge in [-0.1, -0.05) is 60.7 Å². The van der Waals surface area contributed by atoms with Crippen LogP contribution in [-0.4, -0.2) is 42.9 Å². The molecule has 2 rings (SSSR count). The molecule has 2 amide bonds. The Balaban J connectivity index is 1.96. The van der Waals surface area contributed by atoms with Crippen LogP contribution in [0.2, 0.25) is 0 Å². The number of hydrogen-bond acceptors (Lipinski definition) is 6. The normalized spacial score (nSPS) is 12.2. The van der Waals surface area contributed by atoms with Gasteiger partial charge in [0.25, 0.3) is 0 Å². The Morgan fingerprint density at radius 3 is 2.00 bits per heavy atom. The molecule has 0 unspecified atom stereocenters.